The van der Waals surface area contributed by atoms with E-state index in [2.05, 4.69) is 0 Å². The standard InChI is InChI=1S/C5H12Cl3P/c1-5(2)9(7,8)4-3-6/h5,9H,3-4H2,1-2H3. The molecule has 0 heterocycles. The molecule has 0 fully saturated rings. The van der Waals surface area contributed by atoms with Crippen LogP contribution in [0.3, 0.4) is 0 Å². The van der Waals surface area contributed by atoms with Gasteiger partial charge in [-0.25, -0.2) is 0 Å². The number of halogens is 3. The molecule has 0 unspecified atom stereocenters. The Morgan fingerprint density at radius 2 is 1.78 bits per heavy atom. The van der Waals surface area contributed by atoms with E-state index in [4.69, 9.17) is 34.1 Å². The molecule has 0 aliphatic rings. The third-order valence-electron chi connectivity index (χ3n) is 1.27. The molecule has 0 spiro atoms. The van der Waals surface area contributed by atoms with Crippen molar-refractivity contribution < 1.29 is 0 Å². The van der Waals surface area contributed by atoms with Gasteiger partial charge in [0.05, 0.1) is 0 Å². The fourth-order valence-corrected chi connectivity index (χ4v) is 3.29. The van der Waals surface area contributed by atoms with Gasteiger partial charge >= 0.3 is 71.6 Å². The molecular formula is C5H12Cl3P. The molecule has 0 aromatic carbocycles. The Labute approximate surface area is 71.8 Å². The summed E-state index contributed by atoms with van der Waals surface area (Å²) in [6, 6.07) is 0. The van der Waals surface area contributed by atoms with Gasteiger partial charge in [-0.05, 0) is 0 Å². The van der Waals surface area contributed by atoms with Gasteiger partial charge in [-0.3, -0.25) is 0 Å². The minimum atomic E-state index is -1.97. The van der Waals surface area contributed by atoms with Crippen LogP contribution in [0.1, 0.15) is 13.8 Å². The van der Waals surface area contributed by atoms with E-state index in [1.54, 1.807) is 0 Å². The second-order valence-electron chi connectivity index (χ2n) is 2.35. The summed E-state index contributed by atoms with van der Waals surface area (Å²) in [6.45, 7) is 4.08. The van der Waals surface area contributed by atoms with Gasteiger partial charge in [0.25, 0.3) is 0 Å². The van der Waals surface area contributed by atoms with Crippen LogP contribution in [-0.2, 0) is 0 Å². The number of hydrogen-bond acceptors (Lipinski definition) is 0. The Morgan fingerprint density at radius 3 is 1.89 bits per heavy atom. The topological polar surface area (TPSA) is 0 Å². The zero-order chi connectivity index (χ0) is 7.49. The summed E-state index contributed by atoms with van der Waals surface area (Å²) >= 11 is 17.5. The Balaban J connectivity index is 3.70. The van der Waals surface area contributed by atoms with Crippen LogP contribution < -0.4 is 0 Å². The van der Waals surface area contributed by atoms with Crippen molar-refractivity contribution in [3.63, 3.8) is 0 Å². The molecule has 58 valence electrons. The van der Waals surface area contributed by atoms with Crippen LogP contribution in [-0.4, -0.2) is 17.7 Å². The van der Waals surface area contributed by atoms with Gasteiger partial charge in [0.2, 0.25) is 0 Å². The normalized spacial score (nSPS) is 14.4. The second-order valence-corrected chi connectivity index (χ2v) is 10.5. The molecule has 0 aliphatic heterocycles. The van der Waals surface area contributed by atoms with Gasteiger partial charge in [0.15, 0.2) is 0 Å². The van der Waals surface area contributed by atoms with Crippen molar-refractivity contribution in [1.82, 2.24) is 0 Å². The van der Waals surface area contributed by atoms with Crippen LogP contribution in [0.4, 0.5) is 0 Å². The van der Waals surface area contributed by atoms with Crippen molar-refractivity contribution in [3.8, 4) is 0 Å². The van der Waals surface area contributed by atoms with Crippen molar-refractivity contribution in [3.05, 3.63) is 0 Å². The Kier molecular flexibility index (Phi) is 4.85. The maximum atomic E-state index is 5.99. The zero-order valence-corrected chi connectivity index (χ0v) is 8.89. The quantitative estimate of drug-likeness (QED) is 0.491. The van der Waals surface area contributed by atoms with Crippen molar-refractivity contribution in [2.45, 2.75) is 19.5 Å². The van der Waals surface area contributed by atoms with E-state index < -0.39 is 5.97 Å². The molecule has 4 heteroatoms. The zero-order valence-electron chi connectivity index (χ0n) is 5.63. The van der Waals surface area contributed by atoms with Gasteiger partial charge in [-0.2, -0.15) is 0 Å². The predicted octanol–water partition coefficient (Wildman–Crippen LogP) is 3.69. The van der Waals surface area contributed by atoms with E-state index in [1.165, 1.54) is 0 Å². The third-order valence-corrected chi connectivity index (χ3v) is 8.14. The molecule has 0 aromatic rings. The molecule has 0 bridgehead atoms. The molecule has 9 heavy (non-hydrogen) atoms. The summed E-state index contributed by atoms with van der Waals surface area (Å²) in [6.07, 6.45) is 0.787. The molecule has 0 nitrogen and oxygen atoms in total. The fraction of sp³-hybridized carbons (Fsp3) is 1.00. The van der Waals surface area contributed by atoms with E-state index >= 15 is 0 Å². The van der Waals surface area contributed by atoms with E-state index in [0.29, 0.717) is 11.5 Å². The van der Waals surface area contributed by atoms with Gasteiger partial charge in [0, 0.05) is 0 Å². The van der Waals surface area contributed by atoms with Crippen LogP contribution in [0.25, 0.3) is 0 Å². The SMILES string of the molecule is CC(C)[PH](Cl)(Cl)CCCl. The number of hydrogen-bond donors (Lipinski definition) is 0. The van der Waals surface area contributed by atoms with E-state index in [1.807, 2.05) is 13.8 Å². The summed E-state index contributed by atoms with van der Waals surface area (Å²) < 4.78 is 0. The van der Waals surface area contributed by atoms with Gasteiger partial charge < -0.3 is 0 Å². The van der Waals surface area contributed by atoms with Gasteiger partial charge in [0.1, 0.15) is 0 Å². The van der Waals surface area contributed by atoms with Gasteiger partial charge in [-0.1, -0.05) is 0 Å². The summed E-state index contributed by atoms with van der Waals surface area (Å²) in [5.41, 5.74) is 0.402. The van der Waals surface area contributed by atoms with E-state index in [9.17, 15) is 0 Å². The molecule has 0 radical (unpaired) electrons. The predicted molar refractivity (Wildman–Crippen MR) is 50.7 cm³/mol. The first kappa shape index (κ1) is 10.3. The Bertz CT molecular complexity index is 82.3. The van der Waals surface area contributed by atoms with E-state index in [-0.39, 0.29) is 0 Å². The van der Waals surface area contributed by atoms with Crippen molar-refractivity contribution >= 4 is 40.1 Å². The fourth-order valence-electron chi connectivity index (χ4n) is 0.415. The second kappa shape index (κ2) is 4.23. The van der Waals surface area contributed by atoms with Crippen molar-refractivity contribution in [2.75, 3.05) is 12.0 Å². The van der Waals surface area contributed by atoms with Crippen molar-refractivity contribution in [1.29, 1.82) is 0 Å². The average molecular weight is 209 g/mol. The summed E-state index contributed by atoms with van der Waals surface area (Å²) in [5.74, 6) is -1.39. The first-order valence-electron chi connectivity index (χ1n) is 2.94. The Hall–Kier alpha value is 1.30. The maximum absolute atomic E-state index is 5.99. The summed E-state index contributed by atoms with van der Waals surface area (Å²) in [7, 11) is 0. The van der Waals surface area contributed by atoms with E-state index in [0.717, 1.165) is 6.16 Å². The first-order valence-corrected chi connectivity index (χ1v) is 7.78. The van der Waals surface area contributed by atoms with Crippen LogP contribution in [0.15, 0.2) is 0 Å². The van der Waals surface area contributed by atoms with Crippen LogP contribution in [0, 0.1) is 0 Å². The minimum absolute atomic E-state index is 0.402. The third kappa shape index (κ3) is 3.88. The number of rotatable bonds is 3. The molecule has 0 saturated carbocycles. The van der Waals surface area contributed by atoms with Gasteiger partial charge in [-0.15, -0.1) is 0 Å². The van der Waals surface area contributed by atoms with Crippen LogP contribution >= 0.6 is 40.1 Å². The van der Waals surface area contributed by atoms with Crippen LogP contribution in [0.2, 0.25) is 0 Å². The number of alkyl halides is 1. The summed E-state index contributed by atoms with van der Waals surface area (Å²) in [4.78, 5) is 0. The molecule has 0 N–H and O–H groups in total. The molecule has 0 amide bonds. The average Bonchev–Trinajstić information content (AvgIpc) is 1.65. The molecular weight excluding hydrogens is 197 g/mol. The van der Waals surface area contributed by atoms with Crippen LogP contribution in [0.5, 0.6) is 0 Å². The molecule has 0 aliphatic carbocycles. The first-order chi connectivity index (χ1) is 4.00. The monoisotopic (exact) mass is 208 g/mol. The molecule has 0 rings (SSSR count). The molecule has 0 saturated heterocycles. The van der Waals surface area contributed by atoms with Crippen molar-refractivity contribution in [2.24, 2.45) is 0 Å². The molecule has 0 atom stereocenters. The Morgan fingerprint density at radius 1 is 1.33 bits per heavy atom. The summed E-state index contributed by atoms with van der Waals surface area (Å²) in [5, 5.41) is 0. The molecule has 0 aromatic heterocycles.